The molecule has 0 saturated carbocycles. The normalized spacial score (nSPS) is 12.5. The largest absolute Gasteiger partial charge is 0.310 e. The third-order valence-electron chi connectivity index (χ3n) is 4.22. The number of carbonyl (C=O) groups is 1. The summed E-state index contributed by atoms with van der Waals surface area (Å²) in [7, 11) is 0. The number of aromatic nitrogens is 4. The molecule has 0 bridgehead atoms. The van der Waals surface area contributed by atoms with Crippen molar-refractivity contribution in [3.05, 3.63) is 29.0 Å². The predicted molar refractivity (Wildman–Crippen MR) is 103 cm³/mol. The van der Waals surface area contributed by atoms with E-state index in [9.17, 15) is 4.79 Å². The fourth-order valence-corrected chi connectivity index (χ4v) is 4.43. The van der Waals surface area contributed by atoms with E-state index < -0.39 is 0 Å². The van der Waals surface area contributed by atoms with E-state index in [0.717, 1.165) is 27.5 Å². The third kappa shape index (κ3) is 3.69. The van der Waals surface area contributed by atoms with Crippen molar-refractivity contribution in [2.45, 2.75) is 45.2 Å². The summed E-state index contributed by atoms with van der Waals surface area (Å²) in [6, 6.07) is 2.07. The maximum Gasteiger partial charge on any atom is 0.235 e. The summed E-state index contributed by atoms with van der Waals surface area (Å²) < 4.78 is 1.85. The summed E-state index contributed by atoms with van der Waals surface area (Å²) >= 11 is 3.10. The predicted octanol–water partition coefficient (Wildman–Crippen LogP) is 4.21. The lowest BCUT2D eigenvalue weighted by molar-refractivity contribution is -0.113. The first-order valence-electron chi connectivity index (χ1n) is 8.18. The first kappa shape index (κ1) is 17.9. The van der Waals surface area contributed by atoms with Crippen molar-refractivity contribution >= 4 is 45.0 Å². The Morgan fingerprint density at radius 2 is 2.20 bits per heavy atom. The zero-order valence-corrected chi connectivity index (χ0v) is 16.4. The van der Waals surface area contributed by atoms with E-state index in [0.29, 0.717) is 5.75 Å². The van der Waals surface area contributed by atoms with Gasteiger partial charge in [-0.1, -0.05) is 18.7 Å². The Hall–Kier alpha value is -1.93. The monoisotopic (exact) mass is 375 g/mol. The smallest absolute Gasteiger partial charge is 0.235 e. The lowest BCUT2D eigenvalue weighted by atomic mass is 10.2. The van der Waals surface area contributed by atoms with Crippen LogP contribution in [-0.2, 0) is 4.79 Å². The van der Waals surface area contributed by atoms with Gasteiger partial charge in [-0.2, -0.15) is 5.10 Å². The van der Waals surface area contributed by atoms with Gasteiger partial charge in [0.25, 0.3) is 0 Å². The van der Waals surface area contributed by atoms with Gasteiger partial charge in [0.15, 0.2) is 0 Å². The van der Waals surface area contributed by atoms with Crippen LogP contribution in [-0.4, -0.2) is 31.4 Å². The van der Waals surface area contributed by atoms with Gasteiger partial charge in [0.1, 0.15) is 22.0 Å². The van der Waals surface area contributed by atoms with Gasteiger partial charge >= 0.3 is 0 Å². The van der Waals surface area contributed by atoms with Gasteiger partial charge in [-0.25, -0.2) is 14.6 Å². The molecule has 0 spiro atoms. The number of anilines is 1. The average molecular weight is 376 g/mol. The molecule has 25 heavy (non-hydrogen) atoms. The van der Waals surface area contributed by atoms with E-state index in [1.54, 1.807) is 23.9 Å². The van der Waals surface area contributed by atoms with Crippen molar-refractivity contribution in [1.82, 2.24) is 19.7 Å². The standard InChI is InChI=1S/C17H21N5OS2/c1-5-10(2)22-13(6-7-20-22)21-14(23)8-24-16-15-11(3)12(4)25-17(15)19-9-18-16/h6-7,9-10H,5,8H2,1-4H3,(H,21,23). The molecule has 8 heteroatoms. The molecule has 1 amide bonds. The number of fused-ring (bicyclic) bond motifs is 1. The SMILES string of the molecule is CCC(C)n1nccc1NC(=O)CSc1ncnc2sc(C)c(C)c12. The molecule has 3 rings (SSSR count). The fraction of sp³-hybridized carbons (Fsp3) is 0.412. The number of nitrogens with one attached hydrogen (secondary N) is 1. The second kappa shape index (κ2) is 7.53. The Morgan fingerprint density at radius 3 is 2.96 bits per heavy atom. The molecule has 3 aromatic heterocycles. The van der Waals surface area contributed by atoms with E-state index >= 15 is 0 Å². The lowest BCUT2D eigenvalue weighted by Crippen LogP contribution is -2.19. The number of amides is 1. The number of thioether (sulfide) groups is 1. The average Bonchev–Trinajstić information content (AvgIpc) is 3.17. The van der Waals surface area contributed by atoms with E-state index in [4.69, 9.17) is 0 Å². The molecule has 3 aromatic rings. The zero-order chi connectivity index (χ0) is 18.0. The molecule has 0 radical (unpaired) electrons. The minimum Gasteiger partial charge on any atom is -0.310 e. The minimum atomic E-state index is -0.0635. The highest BCUT2D eigenvalue weighted by Gasteiger charge is 2.15. The maximum atomic E-state index is 12.4. The number of hydrogen-bond acceptors (Lipinski definition) is 6. The molecule has 3 heterocycles. The van der Waals surface area contributed by atoms with Gasteiger partial charge in [-0.05, 0) is 32.8 Å². The van der Waals surface area contributed by atoms with Gasteiger partial charge < -0.3 is 5.32 Å². The molecule has 1 N–H and O–H groups in total. The van der Waals surface area contributed by atoms with Crippen LogP contribution in [0.4, 0.5) is 5.82 Å². The topological polar surface area (TPSA) is 72.7 Å². The molecule has 0 aliphatic carbocycles. The second-order valence-electron chi connectivity index (χ2n) is 5.90. The Labute approximate surface area is 155 Å². The summed E-state index contributed by atoms with van der Waals surface area (Å²) in [6.45, 7) is 8.33. The molecule has 1 atom stereocenters. The fourth-order valence-electron chi connectivity index (χ4n) is 2.51. The van der Waals surface area contributed by atoms with Crippen LogP contribution < -0.4 is 5.32 Å². The van der Waals surface area contributed by atoms with Crippen LogP contribution in [0, 0.1) is 13.8 Å². The second-order valence-corrected chi connectivity index (χ2v) is 8.06. The number of thiophene rings is 1. The summed E-state index contributed by atoms with van der Waals surface area (Å²) in [5.74, 6) is 0.966. The summed E-state index contributed by atoms with van der Waals surface area (Å²) in [5, 5.41) is 9.15. The van der Waals surface area contributed by atoms with Crippen LogP contribution in [0.1, 0.15) is 36.8 Å². The number of aryl methyl sites for hydroxylation is 2. The van der Waals surface area contributed by atoms with Crippen LogP contribution in [0.15, 0.2) is 23.6 Å². The van der Waals surface area contributed by atoms with Crippen LogP contribution in [0.25, 0.3) is 10.2 Å². The van der Waals surface area contributed by atoms with Gasteiger partial charge in [-0.3, -0.25) is 4.79 Å². The van der Waals surface area contributed by atoms with Crippen LogP contribution in [0.2, 0.25) is 0 Å². The van der Waals surface area contributed by atoms with Crippen LogP contribution in [0.3, 0.4) is 0 Å². The Kier molecular flexibility index (Phi) is 5.39. The molecular formula is C17H21N5OS2. The molecule has 0 fully saturated rings. The number of hydrogen-bond donors (Lipinski definition) is 1. The number of rotatable bonds is 6. The first-order valence-corrected chi connectivity index (χ1v) is 9.98. The van der Waals surface area contributed by atoms with Gasteiger partial charge in [0.2, 0.25) is 5.91 Å². The minimum absolute atomic E-state index is 0.0635. The summed E-state index contributed by atoms with van der Waals surface area (Å²) in [6.07, 6.45) is 4.23. The summed E-state index contributed by atoms with van der Waals surface area (Å²) in [4.78, 5) is 23.3. The zero-order valence-electron chi connectivity index (χ0n) is 14.7. The van der Waals surface area contributed by atoms with E-state index in [1.807, 2.05) is 10.7 Å². The Morgan fingerprint density at radius 1 is 1.40 bits per heavy atom. The highest BCUT2D eigenvalue weighted by molar-refractivity contribution is 8.00. The molecule has 0 aliphatic heterocycles. The highest BCUT2D eigenvalue weighted by atomic mass is 32.2. The highest BCUT2D eigenvalue weighted by Crippen LogP contribution is 2.34. The molecule has 0 aromatic carbocycles. The van der Waals surface area contributed by atoms with Crippen molar-refractivity contribution in [3.8, 4) is 0 Å². The summed E-state index contributed by atoms with van der Waals surface area (Å²) in [5.41, 5.74) is 1.19. The van der Waals surface area contributed by atoms with Crippen molar-refractivity contribution in [2.24, 2.45) is 0 Å². The van der Waals surface area contributed by atoms with Gasteiger partial charge in [0, 0.05) is 16.3 Å². The third-order valence-corrected chi connectivity index (χ3v) is 6.32. The van der Waals surface area contributed by atoms with Gasteiger partial charge in [-0.15, -0.1) is 11.3 Å². The number of carbonyl (C=O) groups excluding carboxylic acids is 1. The number of nitrogens with zero attached hydrogens (tertiary/aromatic N) is 4. The Balaban J connectivity index is 1.70. The van der Waals surface area contributed by atoms with Crippen molar-refractivity contribution in [1.29, 1.82) is 0 Å². The quantitative estimate of drug-likeness (QED) is 0.516. The van der Waals surface area contributed by atoms with E-state index in [1.165, 1.54) is 22.2 Å². The maximum absolute atomic E-state index is 12.4. The molecule has 0 aliphatic rings. The molecule has 6 nitrogen and oxygen atoms in total. The molecular weight excluding hydrogens is 354 g/mol. The van der Waals surface area contributed by atoms with Crippen molar-refractivity contribution in [2.75, 3.05) is 11.1 Å². The Bertz CT molecular complexity index is 902. The molecule has 1 unspecified atom stereocenters. The lowest BCUT2D eigenvalue weighted by Gasteiger charge is -2.14. The van der Waals surface area contributed by atoms with E-state index in [2.05, 4.69) is 48.1 Å². The van der Waals surface area contributed by atoms with Gasteiger partial charge in [0.05, 0.1) is 18.0 Å². The van der Waals surface area contributed by atoms with Crippen LogP contribution >= 0.6 is 23.1 Å². The van der Waals surface area contributed by atoms with E-state index in [-0.39, 0.29) is 11.9 Å². The first-order chi connectivity index (χ1) is 12.0. The van der Waals surface area contributed by atoms with Crippen LogP contribution in [0.5, 0.6) is 0 Å². The molecule has 0 saturated heterocycles. The van der Waals surface area contributed by atoms with Crippen molar-refractivity contribution in [3.63, 3.8) is 0 Å². The molecule has 132 valence electrons. The van der Waals surface area contributed by atoms with Crippen molar-refractivity contribution < 1.29 is 4.79 Å².